The van der Waals surface area contributed by atoms with Gasteiger partial charge in [-0.15, -0.1) is 0 Å². The number of sulfonamides is 1. The molecule has 2 aromatic carbocycles. The molecule has 5 rings (SSSR count). The van der Waals surface area contributed by atoms with Gasteiger partial charge in [0, 0.05) is 30.7 Å². The molecule has 2 fully saturated rings. The predicted molar refractivity (Wildman–Crippen MR) is 152 cm³/mol. The Morgan fingerprint density at radius 2 is 1.50 bits per heavy atom. The van der Waals surface area contributed by atoms with Gasteiger partial charge in [0.25, 0.3) is 11.8 Å². The minimum absolute atomic E-state index is 0.0541. The van der Waals surface area contributed by atoms with Crippen LogP contribution in [0.15, 0.2) is 36.4 Å². The van der Waals surface area contributed by atoms with Crippen molar-refractivity contribution in [1.29, 1.82) is 0 Å². The van der Waals surface area contributed by atoms with Gasteiger partial charge in [0.15, 0.2) is 11.6 Å². The summed E-state index contributed by atoms with van der Waals surface area (Å²) in [5, 5.41) is 0. The molecule has 3 aliphatic heterocycles. The van der Waals surface area contributed by atoms with E-state index in [1.807, 2.05) is 0 Å². The Bertz CT molecular complexity index is 1500. The third-order valence-electron chi connectivity index (χ3n) is 8.39. The number of carbonyl (C=O) groups is 2. The van der Waals surface area contributed by atoms with E-state index in [9.17, 15) is 35.4 Å². The lowest BCUT2D eigenvalue weighted by molar-refractivity contribution is 0.0663. The van der Waals surface area contributed by atoms with Crippen LogP contribution in [-0.2, 0) is 27.4 Å². The Kier molecular flexibility index (Phi) is 8.42. The fraction of sp³-hybridized carbons (Fsp3) is 0.517. The summed E-state index contributed by atoms with van der Waals surface area (Å²) in [6.45, 7) is 5.06. The average Bonchev–Trinajstić information content (AvgIpc) is 3.34. The molecule has 13 heteroatoms. The summed E-state index contributed by atoms with van der Waals surface area (Å²) in [6.07, 6.45) is 1.94. The Balaban J connectivity index is 1.32. The minimum Gasteiger partial charge on any atom is -0.273 e. The Morgan fingerprint density at radius 1 is 0.952 bits per heavy atom. The van der Waals surface area contributed by atoms with Crippen molar-refractivity contribution >= 4 is 32.8 Å². The lowest BCUT2D eigenvalue weighted by atomic mass is 9.83. The molecule has 0 spiro atoms. The van der Waals surface area contributed by atoms with Crippen LogP contribution in [0.5, 0.6) is 0 Å². The van der Waals surface area contributed by atoms with E-state index in [1.165, 1.54) is 4.31 Å². The number of fused-ring (bicyclic) bond motifs is 3. The van der Waals surface area contributed by atoms with Crippen LogP contribution >= 0.6 is 0 Å². The number of nitrogens with zero attached hydrogens (tertiary/aromatic N) is 2. The van der Waals surface area contributed by atoms with Gasteiger partial charge in [-0.2, -0.15) is 4.31 Å². The highest BCUT2D eigenvalue weighted by Gasteiger charge is 2.49. The lowest BCUT2D eigenvalue weighted by Gasteiger charge is -2.41. The molecule has 2 aromatic rings. The van der Waals surface area contributed by atoms with Crippen molar-refractivity contribution in [2.45, 2.75) is 75.7 Å². The van der Waals surface area contributed by atoms with Crippen LogP contribution in [0.4, 0.5) is 13.2 Å². The third kappa shape index (κ3) is 5.93. The molecule has 42 heavy (non-hydrogen) atoms. The zero-order valence-corrected chi connectivity index (χ0v) is 25.2. The molecule has 5 atom stereocenters. The first-order chi connectivity index (χ1) is 19.7. The maximum absolute atomic E-state index is 14.6. The van der Waals surface area contributed by atoms with Gasteiger partial charge in [-0.1, -0.05) is 12.1 Å². The number of amides is 2. The van der Waals surface area contributed by atoms with Crippen molar-refractivity contribution in [2.75, 3.05) is 12.3 Å². The van der Waals surface area contributed by atoms with E-state index in [0.717, 1.165) is 11.0 Å². The van der Waals surface area contributed by atoms with Crippen molar-refractivity contribution < 1.29 is 35.4 Å². The van der Waals surface area contributed by atoms with Crippen molar-refractivity contribution in [1.82, 2.24) is 13.9 Å². The van der Waals surface area contributed by atoms with Crippen LogP contribution in [0.2, 0.25) is 0 Å². The second-order valence-corrected chi connectivity index (χ2v) is 16.2. The fourth-order valence-corrected chi connectivity index (χ4v) is 9.11. The first-order valence-corrected chi connectivity index (χ1v) is 16.7. The molecule has 2 saturated heterocycles. The topological polar surface area (TPSA) is 104 Å². The molecule has 3 heterocycles. The standard InChI is InChI=1S/C29H34F3N3O5S2/c1-29(2,3)41(38)33-26(15-17-14-24(31)25(32)16-23(17)30)18-12-19-8-9-20(13-18)35(19)42(39,40)11-10-34-27(36)21-6-4-5-7-22(21)28(34)37/h4-7,14,16,18-20,26,33H,8-13,15H2,1-3H3/t18?,19-,20?,26?,41-/m0/s1. The van der Waals surface area contributed by atoms with Gasteiger partial charge < -0.3 is 0 Å². The smallest absolute Gasteiger partial charge is 0.261 e. The van der Waals surface area contributed by atoms with Crippen molar-refractivity contribution in [3.05, 3.63) is 70.5 Å². The van der Waals surface area contributed by atoms with E-state index < -0.39 is 66.8 Å². The largest absolute Gasteiger partial charge is 0.273 e. The summed E-state index contributed by atoms with van der Waals surface area (Å²) in [7, 11) is -5.41. The fourth-order valence-electron chi connectivity index (χ4n) is 6.29. The van der Waals surface area contributed by atoms with Crippen molar-refractivity contribution in [2.24, 2.45) is 5.92 Å². The number of rotatable bonds is 9. The molecule has 0 saturated carbocycles. The van der Waals surface area contributed by atoms with Gasteiger partial charge in [-0.3, -0.25) is 14.5 Å². The van der Waals surface area contributed by atoms with Crippen LogP contribution in [0.3, 0.4) is 0 Å². The van der Waals surface area contributed by atoms with Gasteiger partial charge in [0.05, 0.1) is 32.6 Å². The molecule has 2 bridgehead atoms. The van der Waals surface area contributed by atoms with Crippen molar-refractivity contribution in [3.63, 3.8) is 0 Å². The Hall–Kier alpha value is -2.61. The summed E-state index contributed by atoms with van der Waals surface area (Å²) in [4.78, 5) is 26.4. The molecule has 228 valence electrons. The second kappa shape index (κ2) is 11.5. The van der Waals surface area contributed by atoms with Gasteiger partial charge in [-0.05, 0) is 82.6 Å². The molecule has 0 radical (unpaired) electrons. The zero-order chi connectivity index (χ0) is 30.6. The monoisotopic (exact) mass is 625 g/mol. The number of piperidine rings is 1. The molecule has 0 aromatic heterocycles. The summed E-state index contributed by atoms with van der Waals surface area (Å²) in [5.41, 5.74) is 0.453. The Labute approximate surface area is 246 Å². The highest BCUT2D eigenvalue weighted by molar-refractivity contribution is 7.89. The molecule has 0 aliphatic carbocycles. The third-order valence-corrected chi connectivity index (χ3v) is 12.0. The second-order valence-electron chi connectivity index (χ2n) is 12.2. The Morgan fingerprint density at radius 3 is 2.05 bits per heavy atom. The van der Waals surface area contributed by atoms with E-state index in [1.54, 1.807) is 45.0 Å². The molecule has 8 nitrogen and oxygen atoms in total. The highest BCUT2D eigenvalue weighted by atomic mass is 32.2. The van der Waals surface area contributed by atoms with E-state index in [2.05, 4.69) is 4.72 Å². The number of nitrogens with one attached hydrogen (secondary N) is 1. The molecule has 3 unspecified atom stereocenters. The molecule has 2 amide bonds. The molecule has 3 aliphatic rings. The van der Waals surface area contributed by atoms with Crippen LogP contribution in [0, 0.1) is 23.4 Å². The van der Waals surface area contributed by atoms with E-state index in [0.29, 0.717) is 31.7 Å². The van der Waals surface area contributed by atoms with Gasteiger partial charge in [0.2, 0.25) is 10.0 Å². The number of benzene rings is 2. The van der Waals surface area contributed by atoms with E-state index in [4.69, 9.17) is 0 Å². The predicted octanol–water partition coefficient (Wildman–Crippen LogP) is 3.94. The van der Waals surface area contributed by atoms with Crippen LogP contribution in [-0.4, -0.2) is 68.8 Å². The maximum Gasteiger partial charge on any atom is 0.261 e. The summed E-state index contributed by atoms with van der Waals surface area (Å²) < 4.78 is 86.3. The first-order valence-electron chi connectivity index (χ1n) is 13.9. The molecule has 1 N–H and O–H groups in total. The first kappa shape index (κ1) is 30.8. The van der Waals surface area contributed by atoms with Crippen molar-refractivity contribution in [3.8, 4) is 0 Å². The minimum atomic E-state index is -3.86. The number of halogens is 3. The van der Waals surface area contributed by atoms with Gasteiger partial charge in [0.1, 0.15) is 5.82 Å². The van der Waals surface area contributed by atoms with E-state index >= 15 is 0 Å². The molecular weight excluding hydrogens is 591 g/mol. The van der Waals surface area contributed by atoms with Crippen LogP contribution in [0.1, 0.15) is 72.7 Å². The van der Waals surface area contributed by atoms with Crippen LogP contribution < -0.4 is 4.72 Å². The average molecular weight is 626 g/mol. The quantitative estimate of drug-likeness (QED) is 0.336. The van der Waals surface area contributed by atoms with Gasteiger partial charge in [-0.25, -0.2) is 30.5 Å². The van der Waals surface area contributed by atoms with Gasteiger partial charge >= 0.3 is 0 Å². The number of hydrogen-bond donors (Lipinski definition) is 1. The zero-order valence-electron chi connectivity index (χ0n) is 23.6. The SMILES string of the molecule is CC(C)(C)[S@](=O)NC(Cc1cc(F)c(F)cc1F)C1CC2CC[C@@H](C1)N2S(=O)(=O)CCN1C(=O)c2ccccc2C1=O. The number of carbonyl (C=O) groups excluding carboxylic acids is 2. The summed E-state index contributed by atoms with van der Waals surface area (Å²) >= 11 is 0. The summed E-state index contributed by atoms with van der Waals surface area (Å²) in [5.74, 6) is -5.04. The number of hydrogen-bond acceptors (Lipinski definition) is 5. The lowest BCUT2D eigenvalue weighted by Crippen LogP contribution is -2.53. The summed E-state index contributed by atoms with van der Waals surface area (Å²) in [6, 6.07) is 6.35. The maximum atomic E-state index is 14.6. The highest BCUT2D eigenvalue weighted by Crippen LogP contribution is 2.42. The normalized spacial score (nSPS) is 24.2. The van der Waals surface area contributed by atoms with E-state index in [-0.39, 0.29) is 47.7 Å². The molecular formula is C29H34F3N3O5S2. The number of imide groups is 1. The van der Waals surface area contributed by atoms with Crippen LogP contribution in [0.25, 0.3) is 0 Å².